The summed E-state index contributed by atoms with van der Waals surface area (Å²) in [5.74, 6) is 0.913. The number of ether oxygens (including phenoxy) is 1. The van der Waals surface area contributed by atoms with E-state index >= 15 is 0 Å². The van der Waals surface area contributed by atoms with Crippen molar-refractivity contribution in [3.8, 4) is 5.75 Å². The van der Waals surface area contributed by atoms with Crippen molar-refractivity contribution >= 4 is 5.91 Å². The molecular formula is C14H21N3O2. The Balaban J connectivity index is 1.85. The standard InChI is InChI=1S/C14H21N3O2/c1-10(19-12-5-3-7-16-9-12)14(18)17-13-6-2-4-11(13)8-15/h3,5,7,9-11,13H,2,4,6,8,15H2,1H3,(H,17,18). The lowest BCUT2D eigenvalue weighted by Crippen LogP contribution is -2.45. The number of hydrogen-bond donors (Lipinski definition) is 2. The summed E-state index contributed by atoms with van der Waals surface area (Å²) < 4.78 is 5.55. The van der Waals surface area contributed by atoms with E-state index in [0.717, 1.165) is 19.3 Å². The fraction of sp³-hybridized carbons (Fsp3) is 0.571. The van der Waals surface area contributed by atoms with Gasteiger partial charge in [-0.15, -0.1) is 0 Å². The van der Waals surface area contributed by atoms with Crippen LogP contribution in [0, 0.1) is 5.92 Å². The van der Waals surface area contributed by atoms with Crippen molar-refractivity contribution in [3.05, 3.63) is 24.5 Å². The maximum atomic E-state index is 12.1. The second-order valence-electron chi connectivity index (χ2n) is 4.99. The van der Waals surface area contributed by atoms with Crippen LogP contribution >= 0.6 is 0 Å². The molecule has 1 amide bonds. The van der Waals surface area contributed by atoms with E-state index in [4.69, 9.17) is 10.5 Å². The Labute approximate surface area is 113 Å². The van der Waals surface area contributed by atoms with Gasteiger partial charge in [-0.1, -0.05) is 6.42 Å². The fourth-order valence-corrected chi connectivity index (χ4v) is 2.48. The van der Waals surface area contributed by atoms with E-state index in [1.165, 1.54) is 0 Å². The molecule has 0 aromatic carbocycles. The first-order valence-corrected chi connectivity index (χ1v) is 6.78. The zero-order valence-corrected chi connectivity index (χ0v) is 11.2. The molecule has 3 N–H and O–H groups in total. The predicted molar refractivity (Wildman–Crippen MR) is 72.7 cm³/mol. The summed E-state index contributed by atoms with van der Waals surface area (Å²) in [6.45, 7) is 2.37. The molecule has 0 spiro atoms. The summed E-state index contributed by atoms with van der Waals surface area (Å²) in [6.07, 6.45) is 5.98. The van der Waals surface area contributed by atoms with Crippen molar-refractivity contribution < 1.29 is 9.53 Å². The first kappa shape index (κ1) is 13.8. The van der Waals surface area contributed by atoms with E-state index in [1.807, 2.05) is 0 Å². The van der Waals surface area contributed by atoms with E-state index in [9.17, 15) is 4.79 Å². The van der Waals surface area contributed by atoms with Gasteiger partial charge in [0.2, 0.25) is 0 Å². The molecular weight excluding hydrogens is 242 g/mol. The molecule has 0 aliphatic heterocycles. The number of carbonyl (C=O) groups excluding carboxylic acids is 1. The van der Waals surface area contributed by atoms with E-state index < -0.39 is 6.10 Å². The SMILES string of the molecule is CC(Oc1cccnc1)C(=O)NC1CCCC1CN. The van der Waals surface area contributed by atoms with E-state index in [0.29, 0.717) is 18.2 Å². The third kappa shape index (κ3) is 3.67. The number of nitrogens with zero attached hydrogens (tertiary/aromatic N) is 1. The van der Waals surface area contributed by atoms with Gasteiger partial charge in [-0.2, -0.15) is 0 Å². The van der Waals surface area contributed by atoms with Gasteiger partial charge < -0.3 is 15.8 Å². The van der Waals surface area contributed by atoms with Gasteiger partial charge >= 0.3 is 0 Å². The normalized spacial score (nSPS) is 23.9. The minimum atomic E-state index is -0.525. The minimum Gasteiger partial charge on any atom is -0.479 e. The Bertz CT molecular complexity index is 410. The van der Waals surface area contributed by atoms with Gasteiger partial charge in [0.05, 0.1) is 6.20 Å². The minimum absolute atomic E-state index is 0.0887. The summed E-state index contributed by atoms with van der Waals surface area (Å²) >= 11 is 0. The number of aromatic nitrogens is 1. The maximum absolute atomic E-state index is 12.1. The van der Waals surface area contributed by atoms with Crippen molar-refractivity contribution in [1.29, 1.82) is 0 Å². The first-order chi connectivity index (χ1) is 9.20. The Morgan fingerprint density at radius 2 is 2.47 bits per heavy atom. The van der Waals surface area contributed by atoms with Crippen LogP contribution in [0.5, 0.6) is 5.75 Å². The van der Waals surface area contributed by atoms with Crippen molar-refractivity contribution in [2.45, 2.75) is 38.3 Å². The van der Waals surface area contributed by atoms with Crippen LogP contribution in [0.3, 0.4) is 0 Å². The highest BCUT2D eigenvalue weighted by Crippen LogP contribution is 2.24. The highest BCUT2D eigenvalue weighted by molar-refractivity contribution is 5.81. The third-order valence-electron chi connectivity index (χ3n) is 3.61. The smallest absolute Gasteiger partial charge is 0.261 e. The molecule has 0 saturated heterocycles. The van der Waals surface area contributed by atoms with Crippen LogP contribution < -0.4 is 15.8 Å². The summed E-state index contributed by atoms with van der Waals surface area (Å²) in [5, 5.41) is 3.04. The lowest BCUT2D eigenvalue weighted by Gasteiger charge is -2.22. The molecule has 0 radical (unpaired) electrons. The Kier molecular flexibility index (Phi) is 4.74. The van der Waals surface area contributed by atoms with Crippen LogP contribution in [0.2, 0.25) is 0 Å². The molecule has 104 valence electrons. The van der Waals surface area contributed by atoms with E-state index in [-0.39, 0.29) is 11.9 Å². The van der Waals surface area contributed by atoms with Crippen LogP contribution in [-0.4, -0.2) is 29.6 Å². The number of nitrogens with one attached hydrogen (secondary N) is 1. The molecule has 1 saturated carbocycles. The summed E-state index contributed by atoms with van der Waals surface area (Å²) in [7, 11) is 0. The highest BCUT2D eigenvalue weighted by atomic mass is 16.5. The van der Waals surface area contributed by atoms with Crippen LogP contribution in [0.15, 0.2) is 24.5 Å². The number of pyridine rings is 1. The molecule has 3 atom stereocenters. The van der Waals surface area contributed by atoms with Crippen LogP contribution in [-0.2, 0) is 4.79 Å². The molecule has 1 aliphatic carbocycles. The second-order valence-corrected chi connectivity index (χ2v) is 4.99. The molecule has 0 bridgehead atoms. The number of carbonyl (C=O) groups is 1. The molecule has 1 aromatic heterocycles. The largest absolute Gasteiger partial charge is 0.479 e. The number of hydrogen-bond acceptors (Lipinski definition) is 4. The first-order valence-electron chi connectivity index (χ1n) is 6.78. The van der Waals surface area contributed by atoms with Crippen molar-refractivity contribution in [3.63, 3.8) is 0 Å². The lowest BCUT2D eigenvalue weighted by atomic mass is 10.0. The molecule has 1 fully saturated rings. The molecule has 1 aromatic rings. The summed E-state index contributed by atoms with van der Waals surface area (Å²) in [6, 6.07) is 3.76. The molecule has 19 heavy (non-hydrogen) atoms. The van der Waals surface area contributed by atoms with Gasteiger partial charge in [-0.3, -0.25) is 9.78 Å². The monoisotopic (exact) mass is 263 g/mol. The average molecular weight is 263 g/mol. The van der Waals surface area contributed by atoms with Gasteiger partial charge in [-0.25, -0.2) is 0 Å². The predicted octanol–water partition coefficient (Wildman–Crippen LogP) is 1.09. The third-order valence-corrected chi connectivity index (χ3v) is 3.61. The Morgan fingerprint density at radius 1 is 1.63 bits per heavy atom. The molecule has 3 unspecified atom stereocenters. The fourth-order valence-electron chi connectivity index (χ4n) is 2.48. The lowest BCUT2D eigenvalue weighted by molar-refractivity contribution is -0.128. The second kappa shape index (κ2) is 6.52. The average Bonchev–Trinajstić information content (AvgIpc) is 2.87. The van der Waals surface area contributed by atoms with Gasteiger partial charge in [0.15, 0.2) is 6.10 Å². The van der Waals surface area contributed by atoms with Gasteiger partial charge in [0.1, 0.15) is 5.75 Å². The van der Waals surface area contributed by atoms with E-state index in [2.05, 4.69) is 10.3 Å². The van der Waals surface area contributed by atoms with Gasteiger partial charge in [0.25, 0.3) is 5.91 Å². The zero-order chi connectivity index (χ0) is 13.7. The molecule has 5 nitrogen and oxygen atoms in total. The Hall–Kier alpha value is -1.62. The highest BCUT2D eigenvalue weighted by Gasteiger charge is 2.29. The Morgan fingerprint density at radius 3 is 3.16 bits per heavy atom. The topological polar surface area (TPSA) is 77.2 Å². The van der Waals surface area contributed by atoms with Crippen LogP contribution in [0.4, 0.5) is 0 Å². The summed E-state index contributed by atoms with van der Waals surface area (Å²) in [4.78, 5) is 16.0. The van der Waals surface area contributed by atoms with E-state index in [1.54, 1.807) is 31.5 Å². The van der Waals surface area contributed by atoms with Crippen molar-refractivity contribution in [2.24, 2.45) is 11.7 Å². The van der Waals surface area contributed by atoms with Crippen LogP contribution in [0.1, 0.15) is 26.2 Å². The zero-order valence-electron chi connectivity index (χ0n) is 11.2. The molecule has 1 aliphatic rings. The van der Waals surface area contributed by atoms with Crippen molar-refractivity contribution in [1.82, 2.24) is 10.3 Å². The number of rotatable bonds is 5. The maximum Gasteiger partial charge on any atom is 0.261 e. The van der Waals surface area contributed by atoms with Gasteiger partial charge in [0, 0.05) is 12.2 Å². The number of amides is 1. The molecule has 5 heteroatoms. The quantitative estimate of drug-likeness (QED) is 0.833. The van der Waals surface area contributed by atoms with Crippen molar-refractivity contribution in [2.75, 3.05) is 6.54 Å². The molecule has 1 heterocycles. The van der Waals surface area contributed by atoms with Gasteiger partial charge in [-0.05, 0) is 44.4 Å². The number of nitrogens with two attached hydrogens (primary N) is 1. The van der Waals surface area contributed by atoms with Crippen LogP contribution in [0.25, 0.3) is 0 Å². The molecule has 2 rings (SSSR count). The summed E-state index contributed by atoms with van der Waals surface area (Å²) in [5.41, 5.74) is 5.71.